The SMILES string of the molecule is CC1(C)Cc2c(Br)cccc2C1=O. The monoisotopic (exact) mass is 238 g/mol. The summed E-state index contributed by atoms with van der Waals surface area (Å²) in [4.78, 5) is 11.8. The zero-order valence-electron chi connectivity index (χ0n) is 7.73. The van der Waals surface area contributed by atoms with E-state index in [-0.39, 0.29) is 11.2 Å². The third-order valence-electron chi connectivity index (χ3n) is 2.60. The number of benzene rings is 1. The van der Waals surface area contributed by atoms with Crippen LogP contribution in [-0.2, 0) is 6.42 Å². The summed E-state index contributed by atoms with van der Waals surface area (Å²) in [6.07, 6.45) is 0.850. The van der Waals surface area contributed by atoms with Crippen LogP contribution in [0.5, 0.6) is 0 Å². The van der Waals surface area contributed by atoms with Gasteiger partial charge in [0.05, 0.1) is 0 Å². The molecule has 2 heteroatoms. The summed E-state index contributed by atoms with van der Waals surface area (Å²) in [6, 6.07) is 5.83. The van der Waals surface area contributed by atoms with Crippen molar-refractivity contribution in [3.05, 3.63) is 33.8 Å². The molecule has 0 heterocycles. The Labute approximate surface area is 86.3 Å². The topological polar surface area (TPSA) is 17.1 Å². The molecule has 0 bridgehead atoms. The molecular weight excluding hydrogens is 228 g/mol. The van der Waals surface area contributed by atoms with Gasteiger partial charge >= 0.3 is 0 Å². The first-order chi connectivity index (χ1) is 6.02. The van der Waals surface area contributed by atoms with Crippen LogP contribution in [0.25, 0.3) is 0 Å². The molecular formula is C11H11BrO. The van der Waals surface area contributed by atoms with Crippen LogP contribution in [0.3, 0.4) is 0 Å². The van der Waals surface area contributed by atoms with Crippen molar-refractivity contribution in [1.82, 2.24) is 0 Å². The van der Waals surface area contributed by atoms with E-state index in [0.29, 0.717) is 0 Å². The van der Waals surface area contributed by atoms with Crippen LogP contribution in [0.15, 0.2) is 22.7 Å². The Morgan fingerprint density at radius 2 is 2.08 bits per heavy atom. The van der Waals surface area contributed by atoms with Crippen LogP contribution in [0.1, 0.15) is 29.8 Å². The maximum Gasteiger partial charge on any atom is 0.169 e. The van der Waals surface area contributed by atoms with Gasteiger partial charge in [-0.2, -0.15) is 0 Å². The number of Topliss-reactive ketones (excluding diaryl/α,β-unsaturated/α-hetero) is 1. The van der Waals surface area contributed by atoms with E-state index in [1.54, 1.807) is 0 Å². The summed E-state index contributed by atoms with van der Waals surface area (Å²) >= 11 is 3.47. The van der Waals surface area contributed by atoms with Crippen molar-refractivity contribution >= 4 is 21.7 Å². The van der Waals surface area contributed by atoms with Crippen LogP contribution >= 0.6 is 15.9 Å². The van der Waals surface area contributed by atoms with Crippen LogP contribution < -0.4 is 0 Å². The van der Waals surface area contributed by atoms with E-state index in [0.717, 1.165) is 22.0 Å². The average molecular weight is 239 g/mol. The van der Waals surface area contributed by atoms with E-state index in [4.69, 9.17) is 0 Å². The van der Waals surface area contributed by atoms with Gasteiger partial charge in [-0.3, -0.25) is 4.79 Å². The Bertz CT molecular complexity index is 380. The highest BCUT2D eigenvalue weighted by atomic mass is 79.9. The molecule has 1 aromatic carbocycles. The Morgan fingerprint density at radius 3 is 2.69 bits per heavy atom. The van der Waals surface area contributed by atoms with Crippen molar-refractivity contribution in [3.63, 3.8) is 0 Å². The molecule has 0 fully saturated rings. The average Bonchev–Trinajstić information content (AvgIpc) is 2.28. The fourth-order valence-corrected chi connectivity index (χ4v) is 2.34. The second-order valence-corrected chi connectivity index (χ2v) is 5.01. The lowest BCUT2D eigenvalue weighted by Crippen LogP contribution is -2.18. The lowest BCUT2D eigenvalue weighted by molar-refractivity contribution is 0.0863. The Morgan fingerprint density at radius 1 is 1.38 bits per heavy atom. The number of hydrogen-bond donors (Lipinski definition) is 0. The molecule has 1 aliphatic rings. The molecule has 0 N–H and O–H groups in total. The molecule has 2 rings (SSSR count). The summed E-state index contributed by atoms with van der Waals surface area (Å²) in [5.74, 6) is 0.267. The first-order valence-corrected chi connectivity index (χ1v) is 5.14. The molecule has 1 aromatic rings. The van der Waals surface area contributed by atoms with E-state index in [2.05, 4.69) is 15.9 Å². The van der Waals surface area contributed by atoms with Gasteiger partial charge in [-0.15, -0.1) is 0 Å². The number of fused-ring (bicyclic) bond motifs is 1. The molecule has 0 aliphatic heterocycles. The molecule has 0 amide bonds. The van der Waals surface area contributed by atoms with Gasteiger partial charge in [0, 0.05) is 15.5 Å². The van der Waals surface area contributed by atoms with Crippen molar-refractivity contribution in [2.24, 2.45) is 5.41 Å². The molecule has 0 saturated carbocycles. The highest BCUT2D eigenvalue weighted by molar-refractivity contribution is 9.10. The summed E-state index contributed by atoms with van der Waals surface area (Å²) in [5, 5.41) is 0. The zero-order chi connectivity index (χ0) is 9.64. The molecule has 0 atom stereocenters. The minimum atomic E-state index is -0.216. The molecule has 0 spiro atoms. The third kappa shape index (κ3) is 1.24. The van der Waals surface area contributed by atoms with Crippen LogP contribution in [-0.4, -0.2) is 5.78 Å². The van der Waals surface area contributed by atoms with Gasteiger partial charge in [-0.1, -0.05) is 41.9 Å². The molecule has 1 aliphatic carbocycles. The van der Waals surface area contributed by atoms with E-state index in [1.807, 2.05) is 32.0 Å². The zero-order valence-corrected chi connectivity index (χ0v) is 9.31. The highest BCUT2D eigenvalue weighted by Crippen LogP contribution is 2.39. The minimum absolute atomic E-state index is 0.216. The minimum Gasteiger partial charge on any atom is -0.294 e. The van der Waals surface area contributed by atoms with Gasteiger partial charge in [0.15, 0.2) is 5.78 Å². The fraction of sp³-hybridized carbons (Fsp3) is 0.364. The smallest absolute Gasteiger partial charge is 0.169 e. The van der Waals surface area contributed by atoms with Gasteiger partial charge in [-0.25, -0.2) is 0 Å². The Kier molecular flexibility index (Phi) is 1.84. The maximum atomic E-state index is 11.8. The maximum absolute atomic E-state index is 11.8. The number of carbonyl (C=O) groups is 1. The molecule has 1 nitrogen and oxygen atoms in total. The number of carbonyl (C=O) groups excluding carboxylic acids is 1. The van der Waals surface area contributed by atoms with Crippen LogP contribution in [0.2, 0.25) is 0 Å². The van der Waals surface area contributed by atoms with E-state index in [1.165, 1.54) is 0 Å². The predicted molar refractivity (Wildman–Crippen MR) is 56.0 cm³/mol. The van der Waals surface area contributed by atoms with E-state index >= 15 is 0 Å². The van der Waals surface area contributed by atoms with E-state index in [9.17, 15) is 4.79 Å². The number of rotatable bonds is 0. The molecule has 13 heavy (non-hydrogen) atoms. The van der Waals surface area contributed by atoms with Crippen molar-refractivity contribution in [3.8, 4) is 0 Å². The molecule has 68 valence electrons. The third-order valence-corrected chi connectivity index (χ3v) is 3.34. The summed E-state index contributed by atoms with van der Waals surface area (Å²) in [5.41, 5.74) is 1.84. The number of halogens is 1. The lowest BCUT2D eigenvalue weighted by atomic mass is 9.89. The van der Waals surface area contributed by atoms with Gasteiger partial charge in [0.2, 0.25) is 0 Å². The molecule has 0 radical (unpaired) electrons. The largest absolute Gasteiger partial charge is 0.294 e. The van der Waals surface area contributed by atoms with Crippen molar-refractivity contribution < 1.29 is 4.79 Å². The van der Waals surface area contributed by atoms with Crippen molar-refractivity contribution in [2.75, 3.05) is 0 Å². The normalized spacial score (nSPS) is 18.8. The summed E-state index contributed by atoms with van der Waals surface area (Å²) in [6.45, 7) is 4.00. The van der Waals surface area contributed by atoms with Gasteiger partial charge in [0.1, 0.15) is 0 Å². The second-order valence-electron chi connectivity index (χ2n) is 4.16. The fourth-order valence-electron chi connectivity index (χ4n) is 1.84. The quantitative estimate of drug-likeness (QED) is 0.679. The van der Waals surface area contributed by atoms with Gasteiger partial charge < -0.3 is 0 Å². The van der Waals surface area contributed by atoms with Gasteiger partial charge in [0.25, 0.3) is 0 Å². The molecule has 0 saturated heterocycles. The summed E-state index contributed by atoms with van der Waals surface area (Å²) in [7, 11) is 0. The first-order valence-electron chi connectivity index (χ1n) is 4.34. The van der Waals surface area contributed by atoms with Crippen LogP contribution in [0.4, 0.5) is 0 Å². The second kappa shape index (κ2) is 2.68. The predicted octanol–water partition coefficient (Wildman–Crippen LogP) is 3.21. The molecule has 0 unspecified atom stereocenters. The standard InChI is InChI=1S/C11H11BrO/c1-11(2)6-8-7(10(11)13)4-3-5-9(8)12/h3-5H,6H2,1-2H3. The van der Waals surface area contributed by atoms with Crippen molar-refractivity contribution in [1.29, 1.82) is 0 Å². The van der Waals surface area contributed by atoms with Gasteiger partial charge in [-0.05, 0) is 18.1 Å². The highest BCUT2D eigenvalue weighted by Gasteiger charge is 2.38. The Hall–Kier alpha value is -0.630. The number of hydrogen-bond acceptors (Lipinski definition) is 1. The Balaban J connectivity index is 2.63. The molecule has 0 aromatic heterocycles. The summed E-state index contributed by atoms with van der Waals surface area (Å²) < 4.78 is 1.06. The van der Waals surface area contributed by atoms with Crippen molar-refractivity contribution in [2.45, 2.75) is 20.3 Å². The lowest BCUT2D eigenvalue weighted by Gasteiger charge is -2.13. The van der Waals surface area contributed by atoms with E-state index < -0.39 is 0 Å². The van der Waals surface area contributed by atoms with Crippen LogP contribution in [0, 0.1) is 5.41 Å². The first kappa shape index (κ1) is 8.95. The number of ketones is 1.